The van der Waals surface area contributed by atoms with Crippen LogP contribution in [0.5, 0.6) is 0 Å². The number of hydrogen-bond acceptors (Lipinski definition) is 3. The van der Waals surface area contributed by atoms with Gasteiger partial charge in [0.1, 0.15) is 0 Å². The molecule has 0 amide bonds. The second-order valence-electron chi connectivity index (χ2n) is 4.08. The van der Waals surface area contributed by atoms with Gasteiger partial charge in [-0.3, -0.25) is 0 Å². The van der Waals surface area contributed by atoms with E-state index in [4.69, 9.17) is 14.6 Å². The summed E-state index contributed by atoms with van der Waals surface area (Å²) < 4.78 is 11.0. The van der Waals surface area contributed by atoms with E-state index in [9.17, 15) is 0 Å². The molecule has 0 radical (unpaired) electrons. The van der Waals surface area contributed by atoms with Crippen LogP contribution in [0, 0.1) is 0 Å². The molecule has 0 spiro atoms. The van der Waals surface area contributed by atoms with Crippen molar-refractivity contribution >= 4 is 0 Å². The van der Waals surface area contributed by atoms with Crippen molar-refractivity contribution in [1.29, 1.82) is 0 Å². The smallest absolute Gasteiger partial charge is 0.165 e. The van der Waals surface area contributed by atoms with Gasteiger partial charge in [0.15, 0.2) is 5.79 Å². The lowest BCUT2D eigenvalue weighted by Crippen LogP contribution is -2.24. The highest BCUT2D eigenvalue weighted by Crippen LogP contribution is 2.25. The van der Waals surface area contributed by atoms with Gasteiger partial charge in [0.25, 0.3) is 0 Å². The zero-order valence-electron chi connectivity index (χ0n) is 9.58. The van der Waals surface area contributed by atoms with Crippen LogP contribution in [-0.4, -0.2) is 30.7 Å². The summed E-state index contributed by atoms with van der Waals surface area (Å²) in [6.07, 6.45) is 9.37. The minimum Gasteiger partial charge on any atom is -0.392 e. The Morgan fingerprint density at radius 3 is 2.53 bits per heavy atom. The number of allylic oxidation sites excluding steroid dienone is 1. The number of aliphatic hydroxyl groups excluding tert-OH is 1. The molecule has 0 aromatic carbocycles. The second kappa shape index (κ2) is 6.99. The zero-order valence-corrected chi connectivity index (χ0v) is 9.58. The lowest BCUT2D eigenvalue weighted by atomic mass is 10.1. The van der Waals surface area contributed by atoms with Gasteiger partial charge in [0.05, 0.1) is 19.8 Å². The standard InChI is InChI=1S/C12H22O3/c1-12(14-10-11-15-12)8-6-4-2-3-5-7-9-13/h5,7,13H,2-4,6,8-11H2,1H3/b7-5+. The molecular weight excluding hydrogens is 192 g/mol. The van der Waals surface area contributed by atoms with Crippen LogP contribution in [0.15, 0.2) is 12.2 Å². The average Bonchev–Trinajstić information content (AvgIpc) is 2.64. The summed E-state index contributed by atoms with van der Waals surface area (Å²) in [6.45, 7) is 3.64. The summed E-state index contributed by atoms with van der Waals surface area (Å²) in [5.41, 5.74) is 0. The van der Waals surface area contributed by atoms with Crippen LogP contribution < -0.4 is 0 Å². The molecule has 1 heterocycles. The van der Waals surface area contributed by atoms with Crippen LogP contribution in [0.1, 0.15) is 39.0 Å². The van der Waals surface area contributed by atoms with Crippen molar-refractivity contribution in [3.63, 3.8) is 0 Å². The fourth-order valence-electron chi connectivity index (χ4n) is 1.78. The molecule has 0 unspecified atom stereocenters. The van der Waals surface area contributed by atoms with Crippen molar-refractivity contribution in [2.45, 2.75) is 44.8 Å². The summed E-state index contributed by atoms with van der Waals surface area (Å²) >= 11 is 0. The first-order chi connectivity index (χ1) is 7.27. The van der Waals surface area contributed by atoms with Gasteiger partial charge >= 0.3 is 0 Å². The van der Waals surface area contributed by atoms with Crippen molar-refractivity contribution in [2.24, 2.45) is 0 Å². The molecule has 0 aliphatic carbocycles. The summed E-state index contributed by atoms with van der Waals surface area (Å²) in [6, 6.07) is 0. The highest BCUT2D eigenvalue weighted by atomic mass is 16.7. The Morgan fingerprint density at radius 2 is 1.87 bits per heavy atom. The predicted molar refractivity (Wildman–Crippen MR) is 59.6 cm³/mol. The molecule has 0 aromatic rings. The van der Waals surface area contributed by atoms with E-state index in [1.165, 1.54) is 12.8 Å². The molecule has 1 aliphatic heterocycles. The van der Waals surface area contributed by atoms with E-state index in [1.54, 1.807) is 6.08 Å². The summed E-state index contributed by atoms with van der Waals surface area (Å²) in [4.78, 5) is 0. The van der Waals surface area contributed by atoms with Gasteiger partial charge in [-0.15, -0.1) is 0 Å². The third-order valence-corrected chi connectivity index (χ3v) is 2.67. The van der Waals surface area contributed by atoms with E-state index in [1.807, 2.05) is 13.0 Å². The molecule has 15 heavy (non-hydrogen) atoms. The van der Waals surface area contributed by atoms with Gasteiger partial charge in [0.2, 0.25) is 0 Å². The molecule has 0 bridgehead atoms. The molecule has 3 heteroatoms. The van der Waals surface area contributed by atoms with Gasteiger partial charge in [0, 0.05) is 6.42 Å². The summed E-state index contributed by atoms with van der Waals surface area (Å²) in [7, 11) is 0. The van der Waals surface area contributed by atoms with Gasteiger partial charge in [-0.1, -0.05) is 18.6 Å². The van der Waals surface area contributed by atoms with E-state index in [-0.39, 0.29) is 12.4 Å². The largest absolute Gasteiger partial charge is 0.392 e. The molecule has 1 saturated heterocycles. The molecular formula is C12H22O3. The van der Waals surface area contributed by atoms with Crippen molar-refractivity contribution in [1.82, 2.24) is 0 Å². The summed E-state index contributed by atoms with van der Waals surface area (Å²) in [5, 5.41) is 8.53. The Kier molecular flexibility index (Phi) is 5.91. The number of aliphatic hydroxyl groups is 1. The molecule has 1 aliphatic rings. The first-order valence-corrected chi connectivity index (χ1v) is 5.81. The van der Waals surface area contributed by atoms with Gasteiger partial charge in [-0.2, -0.15) is 0 Å². The third-order valence-electron chi connectivity index (χ3n) is 2.67. The average molecular weight is 214 g/mol. The highest BCUT2D eigenvalue weighted by molar-refractivity contribution is 4.80. The second-order valence-corrected chi connectivity index (χ2v) is 4.08. The molecule has 1 rings (SSSR count). The van der Waals surface area contributed by atoms with Crippen LogP contribution in [0.3, 0.4) is 0 Å². The van der Waals surface area contributed by atoms with E-state index in [2.05, 4.69) is 0 Å². The van der Waals surface area contributed by atoms with E-state index in [0.717, 1.165) is 32.5 Å². The fraction of sp³-hybridized carbons (Fsp3) is 0.833. The maximum Gasteiger partial charge on any atom is 0.165 e. The van der Waals surface area contributed by atoms with Crippen molar-refractivity contribution in [3.05, 3.63) is 12.2 Å². The molecule has 0 atom stereocenters. The zero-order chi connectivity index (χ0) is 11.0. The van der Waals surface area contributed by atoms with Crippen LogP contribution in [0.25, 0.3) is 0 Å². The molecule has 0 aromatic heterocycles. The Bertz CT molecular complexity index is 183. The topological polar surface area (TPSA) is 38.7 Å². The molecule has 88 valence electrons. The van der Waals surface area contributed by atoms with Gasteiger partial charge in [-0.05, 0) is 26.2 Å². The van der Waals surface area contributed by atoms with E-state index >= 15 is 0 Å². The number of hydrogen-bond donors (Lipinski definition) is 1. The lowest BCUT2D eigenvalue weighted by molar-refractivity contribution is -0.147. The van der Waals surface area contributed by atoms with E-state index in [0.29, 0.717) is 0 Å². The predicted octanol–water partition coefficient (Wildman–Crippen LogP) is 2.25. The van der Waals surface area contributed by atoms with Gasteiger partial charge < -0.3 is 14.6 Å². The van der Waals surface area contributed by atoms with Crippen LogP contribution in [0.4, 0.5) is 0 Å². The number of rotatable bonds is 7. The maximum absolute atomic E-state index is 8.53. The first-order valence-electron chi connectivity index (χ1n) is 5.81. The Labute approximate surface area is 92.1 Å². The fourth-order valence-corrected chi connectivity index (χ4v) is 1.78. The van der Waals surface area contributed by atoms with Crippen LogP contribution >= 0.6 is 0 Å². The third kappa shape index (κ3) is 5.30. The Balaban J connectivity index is 1.94. The van der Waals surface area contributed by atoms with Crippen molar-refractivity contribution in [2.75, 3.05) is 19.8 Å². The number of unbranched alkanes of at least 4 members (excludes halogenated alkanes) is 3. The first kappa shape index (κ1) is 12.7. The Morgan fingerprint density at radius 1 is 1.13 bits per heavy atom. The van der Waals surface area contributed by atoms with E-state index < -0.39 is 0 Å². The van der Waals surface area contributed by atoms with Crippen molar-refractivity contribution < 1.29 is 14.6 Å². The van der Waals surface area contributed by atoms with Gasteiger partial charge in [-0.25, -0.2) is 0 Å². The Hall–Kier alpha value is -0.380. The maximum atomic E-state index is 8.53. The van der Waals surface area contributed by atoms with Crippen molar-refractivity contribution in [3.8, 4) is 0 Å². The quantitative estimate of drug-likeness (QED) is 0.522. The minimum atomic E-state index is -0.319. The number of ether oxygens (including phenoxy) is 2. The molecule has 1 N–H and O–H groups in total. The van der Waals surface area contributed by atoms with Crippen LogP contribution in [0.2, 0.25) is 0 Å². The highest BCUT2D eigenvalue weighted by Gasteiger charge is 2.29. The van der Waals surface area contributed by atoms with Crippen LogP contribution in [-0.2, 0) is 9.47 Å². The molecule has 0 saturated carbocycles. The SMILES string of the molecule is CC1(CCCCC/C=C/CO)OCCO1. The molecule has 1 fully saturated rings. The summed E-state index contributed by atoms with van der Waals surface area (Å²) in [5.74, 6) is -0.319. The lowest BCUT2D eigenvalue weighted by Gasteiger charge is -2.21. The molecule has 3 nitrogen and oxygen atoms in total. The minimum absolute atomic E-state index is 0.153. The monoisotopic (exact) mass is 214 g/mol. The normalized spacial score (nSPS) is 20.1.